The number of likely N-dealkylation sites (N-methyl/N-ethyl adjacent to an activating group) is 1. The second kappa shape index (κ2) is 8.32. The molecule has 0 aromatic heterocycles. The van der Waals surface area contributed by atoms with E-state index >= 15 is 0 Å². The zero-order valence-corrected chi connectivity index (χ0v) is 12.2. The monoisotopic (exact) mass is 277 g/mol. The fourth-order valence-corrected chi connectivity index (χ4v) is 2.16. The van der Waals surface area contributed by atoms with E-state index in [0.29, 0.717) is 6.54 Å². The molecule has 2 N–H and O–H groups in total. The van der Waals surface area contributed by atoms with Crippen molar-refractivity contribution in [3.8, 4) is 0 Å². The molecule has 1 heterocycles. The molecule has 106 valence electrons. The number of piperidine rings is 1. The molecule has 6 heteroatoms. The van der Waals surface area contributed by atoms with Gasteiger partial charge in [0.15, 0.2) is 0 Å². The van der Waals surface area contributed by atoms with Gasteiger partial charge in [0.25, 0.3) is 0 Å². The summed E-state index contributed by atoms with van der Waals surface area (Å²) in [6.07, 6.45) is 3.14. The molecule has 0 aromatic carbocycles. The van der Waals surface area contributed by atoms with Gasteiger partial charge in [0.2, 0.25) is 11.8 Å². The summed E-state index contributed by atoms with van der Waals surface area (Å²) in [6.45, 7) is 3.21. The second-order valence-electron chi connectivity index (χ2n) is 4.74. The molecule has 1 aliphatic rings. The Balaban J connectivity index is 0.00000289. The summed E-state index contributed by atoms with van der Waals surface area (Å²) in [6, 6.07) is -0.0642. The van der Waals surface area contributed by atoms with Gasteiger partial charge in [-0.2, -0.15) is 0 Å². The summed E-state index contributed by atoms with van der Waals surface area (Å²) in [5.41, 5.74) is 0. The molecule has 0 spiro atoms. The summed E-state index contributed by atoms with van der Waals surface area (Å²) in [5.74, 6) is -0.0979. The zero-order valence-electron chi connectivity index (χ0n) is 11.4. The van der Waals surface area contributed by atoms with Gasteiger partial charge in [-0.25, -0.2) is 0 Å². The smallest absolute Gasteiger partial charge is 0.239 e. The summed E-state index contributed by atoms with van der Waals surface area (Å²) in [4.78, 5) is 25.1. The van der Waals surface area contributed by atoms with Crippen molar-refractivity contribution in [1.29, 1.82) is 0 Å². The molecule has 0 aromatic rings. The van der Waals surface area contributed by atoms with Crippen molar-refractivity contribution < 1.29 is 9.59 Å². The molecule has 0 radical (unpaired) electrons. The Hall–Kier alpha value is -0.810. The highest BCUT2D eigenvalue weighted by Crippen LogP contribution is 2.10. The molecule has 5 nitrogen and oxygen atoms in total. The first-order valence-corrected chi connectivity index (χ1v) is 6.26. The molecule has 1 aliphatic heterocycles. The lowest BCUT2D eigenvalue weighted by atomic mass is 10.0. The first kappa shape index (κ1) is 17.2. The third-order valence-electron chi connectivity index (χ3n) is 3.23. The quantitative estimate of drug-likeness (QED) is 0.782. The summed E-state index contributed by atoms with van der Waals surface area (Å²) in [5, 5.41) is 5.82. The number of hydrogen-bond donors (Lipinski definition) is 2. The van der Waals surface area contributed by atoms with E-state index in [0.717, 1.165) is 25.8 Å². The van der Waals surface area contributed by atoms with Crippen molar-refractivity contribution in [2.45, 2.75) is 32.2 Å². The molecule has 1 unspecified atom stereocenters. The fourth-order valence-electron chi connectivity index (χ4n) is 2.16. The summed E-state index contributed by atoms with van der Waals surface area (Å²) < 4.78 is 0. The Morgan fingerprint density at radius 2 is 2.11 bits per heavy atom. The minimum atomic E-state index is -0.169. The van der Waals surface area contributed by atoms with Crippen LogP contribution in [-0.2, 0) is 9.59 Å². The summed E-state index contributed by atoms with van der Waals surface area (Å²) in [7, 11) is 3.38. The van der Waals surface area contributed by atoms with E-state index in [1.165, 1.54) is 0 Å². The van der Waals surface area contributed by atoms with Crippen molar-refractivity contribution in [2.24, 2.45) is 5.92 Å². The van der Waals surface area contributed by atoms with Gasteiger partial charge in [-0.15, -0.1) is 12.4 Å². The molecule has 0 aliphatic carbocycles. The average Bonchev–Trinajstić information content (AvgIpc) is 2.37. The minimum Gasteiger partial charge on any atom is -0.359 e. The van der Waals surface area contributed by atoms with Gasteiger partial charge in [0, 0.05) is 20.6 Å². The highest BCUT2D eigenvalue weighted by Gasteiger charge is 2.25. The molecule has 2 atom stereocenters. The Labute approximate surface area is 115 Å². The predicted octanol–water partition coefficient (Wildman–Crippen LogP) is 0.391. The number of carbonyl (C=O) groups is 2. The van der Waals surface area contributed by atoms with Gasteiger partial charge >= 0.3 is 0 Å². The molecular formula is C12H24ClN3O2. The molecule has 2 amide bonds. The van der Waals surface area contributed by atoms with Gasteiger partial charge in [0.05, 0.1) is 12.0 Å². The van der Waals surface area contributed by atoms with Crippen LogP contribution in [0.1, 0.15) is 26.2 Å². The van der Waals surface area contributed by atoms with E-state index < -0.39 is 0 Å². The standard InChI is InChI=1S/C12H23N3O2.ClH/c1-9(11(16)13-2)8-15(3)12(17)10-6-4-5-7-14-10;/h9-10,14H,4-8H2,1-3H3,(H,13,16);1H/t9?,10-;/m0./s1. The van der Waals surface area contributed by atoms with E-state index in [4.69, 9.17) is 0 Å². The maximum atomic E-state index is 12.1. The first-order valence-electron chi connectivity index (χ1n) is 6.26. The van der Waals surface area contributed by atoms with Gasteiger partial charge in [-0.1, -0.05) is 13.3 Å². The molecule has 0 bridgehead atoms. The normalized spacial score (nSPS) is 20.5. The topological polar surface area (TPSA) is 61.4 Å². The second-order valence-corrected chi connectivity index (χ2v) is 4.74. The van der Waals surface area contributed by atoms with Crippen molar-refractivity contribution in [3.05, 3.63) is 0 Å². The van der Waals surface area contributed by atoms with E-state index in [-0.39, 0.29) is 36.2 Å². The highest BCUT2D eigenvalue weighted by atomic mass is 35.5. The van der Waals surface area contributed by atoms with Crippen LogP contribution in [0.15, 0.2) is 0 Å². The van der Waals surface area contributed by atoms with Gasteiger partial charge in [0.1, 0.15) is 0 Å². The molecule has 1 fully saturated rings. The van der Waals surface area contributed by atoms with E-state index in [9.17, 15) is 9.59 Å². The SMILES string of the molecule is CNC(=O)C(C)CN(C)C(=O)[C@@H]1CCCCN1.Cl. The number of nitrogens with one attached hydrogen (secondary N) is 2. The average molecular weight is 278 g/mol. The number of hydrogen-bond acceptors (Lipinski definition) is 3. The highest BCUT2D eigenvalue weighted by molar-refractivity contribution is 5.85. The van der Waals surface area contributed by atoms with Crippen LogP contribution in [0.4, 0.5) is 0 Å². The number of nitrogens with zero attached hydrogens (tertiary/aromatic N) is 1. The lowest BCUT2D eigenvalue weighted by Crippen LogP contribution is -2.49. The van der Waals surface area contributed by atoms with Crippen molar-refractivity contribution >= 4 is 24.2 Å². The fraction of sp³-hybridized carbons (Fsp3) is 0.833. The maximum absolute atomic E-state index is 12.1. The van der Waals surface area contributed by atoms with Gasteiger partial charge in [-0.05, 0) is 19.4 Å². The van der Waals surface area contributed by atoms with E-state index in [1.54, 1.807) is 19.0 Å². The molecular weight excluding hydrogens is 254 g/mol. The van der Waals surface area contributed by atoms with E-state index in [1.807, 2.05) is 6.92 Å². The molecule has 1 rings (SSSR count). The van der Waals surface area contributed by atoms with Gasteiger partial charge < -0.3 is 15.5 Å². The van der Waals surface area contributed by atoms with Gasteiger partial charge in [-0.3, -0.25) is 9.59 Å². The van der Waals surface area contributed by atoms with Crippen LogP contribution in [0.2, 0.25) is 0 Å². The molecule has 1 saturated heterocycles. The predicted molar refractivity (Wildman–Crippen MR) is 73.8 cm³/mol. The molecule has 0 saturated carbocycles. The number of carbonyl (C=O) groups excluding carboxylic acids is 2. The number of amides is 2. The van der Waals surface area contributed by atoms with Crippen LogP contribution in [0.25, 0.3) is 0 Å². The van der Waals surface area contributed by atoms with Crippen molar-refractivity contribution in [2.75, 3.05) is 27.2 Å². The lowest BCUT2D eigenvalue weighted by molar-refractivity contribution is -0.134. The van der Waals surface area contributed by atoms with Crippen molar-refractivity contribution in [3.63, 3.8) is 0 Å². The number of rotatable bonds is 4. The van der Waals surface area contributed by atoms with Crippen LogP contribution in [-0.4, -0.2) is 49.9 Å². The Kier molecular flexibility index (Phi) is 7.95. The van der Waals surface area contributed by atoms with Crippen LogP contribution >= 0.6 is 12.4 Å². The Morgan fingerprint density at radius 1 is 1.44 bits per heavy atom. The maximum Gasteiger partial charge on any atom is 0.239 e. The first-order chi connectivity index (χ1) is 8.06. The Bertz CT molecular complexity index is 280. The lowest BCUT2D eigenvalue weighted by Gasteiger charge is -2.28. The minimum absolute atomic E-state index is 0. The third kappa shape index (κ3) is 4.82. The van der Waals surface area contributed by atoms with Crippen LogP contribution in [0.3, 0.4) is 0 Å². The van der Waals surface area contributed by atoms with Crippen molar-refractivity contribution in [1.82, 2.24) is 15.5 Å². The van der Waals surface area contributed by atoms with E-state index in [2.05, 4.69) is 10.6 Å². The number of halogens is 1. The zero-order chi connectivity index (χ0) is 12.8. The van der Waals surface area contributed by atoms with Crippen LogP contribution < -0.4 is 10.6 Å². The summed E-state index contributed by atoms with van der Waals surface area (Å²) >= 11 is 0. The molecule has 18 heavy (non-hydrogen) atoms. The van der Waals surface area contributed by atoms with Crippen LogP contribution in [0.5, 0.6) is 0 Å². The Morgan fingerprint density at radius 3 is 2.61 bits per heavy atom. The third-order valence-corrected chi connectivity index (χ3v) is 3.23. The largest absolute Gasteiger partial charge is 0.359 e. The van der Waals surface area contributed by atoms with Crippen LogP contribution in [0, 0.1) is 5.92 Å².